The van der Waals surface area contributed by atoms with Gasteiger partial charge in [0.05, 0.1) is 12.1 Å². The van der Waals surface area contributed by atoms with Crippen molar-refractivity contribution in [2.24, 2.45) is 0 Å². The summed E-state index contributed by atoms with van der Waals surface area (Å²) in [6.45, 7) is 2.22. The summed E-state index contributed by atoms with van der Waals surface area (Å²) < 4.78 is 25.2. The third-order valence-electron chi connectivity index (χ3n) is 3.42. The zero-order valence-corrected chi connectivity index (χ0v) is 10.4. The molecule has 0 aromatic rings. The number of nitrogens with zero attached hydrogens (tertiary/aromatic N) is 2. The van der Waals surface area contributed by atoms with Crippen molar-refractivity contribution < 1.29 is 13.6 Å². The third kappa shape index (κ3) is 3.08. The highest BCUT2D eigenvalue weighted by atomic mass is 19.1. The van der Waals surface area contributed by atoms with Gasteiger partial charge < -0.3 is 20.4 Å². The molecule has 2 amide bonds. The zero-order valence-electron chi connectivity index (χ0n) is 10.4. The molecule has 0 aliphatic carbocycles. The van der Waals surface area contributed by atoms with Gasteiger partial charge in [0.2, 0.25) is 0 Å². The number of hydrogen-bond acceptors (Lipinski definition) is 3. The fourth-order valence-corrected chi connectivity index (χ4v) is 2.41. The summed E-state index contributed by atoms with van der Waals surface area (Å²) in [6.07, 6.45) is 0. The van der Waals surface area contributed by atoms with Crippen molar-refractivity contribution in [2.75, 3.05) is 52.6 Å². The summed E-state index contributed by atoms with van der Waals surface area (Å²) in [6, 6.07) is -0.653. The van der Waals surface area contributed by atoms with Crippen molar-refractivity contribution >= 4 is 6.03 Å². The summed E-state index contributed by atoms with van der Waals surface area (Å²) in [5, 5.41) is 6.03. The van der Waals surface area contributed by atoms with Gasteiger partial charge in [-0.3, -0.25) is 0 Å². The molecule has 2 heterocycles. The summed E-state index contributed by atoms with van der Waals surface area (Å²) >= 11 is 0. The van der Waals surface area contributed by atoms with Crippen LogP contribution in [0.5, 0.6) is 0 Å². The van der Waals surface area contributed by atoms with Crippen LogP contribution in [-0.2, 0) is 0 Å². The molecule has 0 spiro atoms. The van der Waals surface area contributed by atoms with Crippen LogP contribution in [0.2, 0.25) is 0 Å². The molecule has 0 aromatic heterocycles. The van der Waals surface area contributed by atoms with Crippen molar-refractivity contribution in [1.82, 2.24) is 20.4 Å². The number of carbonyl (C=O) groups excluding carboxylic acids is 1. The Kier molecular flexibility index (Phi) is 4.71. The van der Waals surface area contributed by atoms with Crippen LogP contribution in [-0.4, -0.2) is 80.5 Å². The van der Waals surface area contributed by atoms with Gasteiger partial charge in [0, 0.05) is 39.3 Å². The fraction of sp³-hybridized carbons (Fsp3) is 0.909. The molecule has 2 N–H and O–H groups in total. The number of hydrogen-bond donors (Lipinski definition) is 2. The van der Waals surface area contributed by atoms with Crippen LogP contribution in [0.3, 0.4) is 0 Å². The minimum Gasteiger partial charge on any atom is -0.322 e. The van der Waals surface area contributed by atoms with Crippen LogP contribution in [0.4, 0.5) is 13.6 Å². The van der Waals surface area contributed by atoms with E-state index in [4.69, 9.17) is 0 Å². The predicted molar refractivity (Wildman–Crippen MR) is 64.1 cm³/mol. The smallest absolute Gasteiger partial charge is 0.320 e. The summed E-state index contributed by atoms with van der Waals surface area (Å²) in [5.74, 6) is 0. The number of rotatable bonds is 2. The van der Waals surface area contributed by atoms with Gasteiger partial charge in [-0.1, -0.05) is 0 Å². The maximum atomic E-state index is 12.6. The van der Waals surface area contributed by atoms with E-state index in [-0.39, 0.29) is 18.1 Å². The van der Waals surface area contributed by atoms with E-state index in [0.717, 1.165) is 0 Å². The Hall–Kier alpha value is -0.950. The number of halogens is 2. The van der Waals surface area contributed by atoms with Gasteiger partial charge in [-0.25, -0.2) is 13.6 Å². The van der Waals surface area contributed by atoms with E-state index in [1.54, 1.807) is 9.80 Å². The molecule has 2 aliphatic heterocycles. The molecule has 5 nitrogen and oxygen atoms in total. The minimum absolute atomic E-state index is 0.102. The number of amides is 2. The van der Waals surface area contributed by atoms with E-state index in [0.29, 0.717) is 39.3 Å². The number of carbonyl (C=O) groups is 1. The molecule has 2 saturated heterocycles. The van der Waals surface area contributed by atoms with Crippen molar-refractivity contribution in [1.29, 1.82) is 0 Å². The lowest BCUT2D eigenvalue weighted by molar-refractivity contribution is 0.116. The van der Waals surface area contributed by atoms with E-state index in [1.165, 1.54) is 0 Å². The zero-order chi connectivity index (χ0) is 13.0. The first-order valence-corrected chi connectivity index (χ1v) is 6.37. The monoisotopic (exact) mass is 262 g/mol. The van der Waals surface area contributed by atoms with Crippen molar-refractivity contribution in [3.63, 3.8) is 0 Å². The highest BCUT2D eigenvalue weighted by molar-refractivity contribution is 5.74. The SMILES string of the molecule is O=C(N1CCNC(CF)C1)N1CCNC(CF)C1. The molecule has 0 bridgehead atoms. The molecule has 0 aromatic carbocycles. The second-order valence-electron chi connectivity index (χ2n) is 4.79. The Balaban J connectivity index is 1.89. The topological polar surface area (TPSA) is 47.6 Å². The lowest BCUT2D eigenvalue weighted by Gasteiger charge is -2.39. The number of piperazine rings is 2. The number of urea groups is 1. The lowest BCUT2D eigenvalue weighted by Crippen LogP contribution is -2.60. The lowest BCUT2D eigenvalue weighted by atomic mass is 10.2. The van der Waals surface area contributed by atoms with Gasteiger partial charge in [0.1, 0.15) is 13.3 Å². The largest absolute Gasteiger partial charge is 0.322 e. The molecule has 0 saturated carbocycles. The maximum absolute atomic E-state index is 12.6. The molecule has 2 aliphatic rings. The second kappa shape index (κ2) is 6.29. The van der Waals surface area contributed by atoms with E-state index in [2.05, 4.69) is 10.6 Å². The highest BCUT2D eigenvalue weighted by Gasteiger charge is 2.29. The molecular weight excluding hydrogens is 242 g/mol. The van der Waals surface area contributed by atoms with Crippen molar-refractivity contribution in [2.45, 2.75) is 12.1 Å². The van der Waals surface area contributed by atoms with Gasteiger partial charge >= 0.3 is 6.03 Å². The predicted octanol–water partition coefficient (Wildman–Crippen LogP) is -0.407. The van der Waals surface area contributed by atoms with Crippen LogP contribution in [0.15, 0.2) is 0 Å². The third-order valence-corrected chi connectivity index (χ3v) is 3.42. The highest BCUT2D eigenvalue weighted by Crippen LogP contribution is 2.08. The Labute approximate surface area is 105 Å². The van der Waals surface area contributed by atoms with E-state index < -0.39 is 13.3 Å². The van der Waals surface area contributed by atoms with Gasteiger partial charge in [0.15, 0.2) is 0 Å². The average molecular weight is 262 g/mol. The normalized spacial score (nSPS) is 29.4. The molecule has 104 valence electrons. The van der Waals surface area contributed by atoms with Crippen LogP contribution in [0, 0.1) is 0 Å². The fourth-order valence-electron chi connectivity index (χ4n) is 2.41. The average Bonchev–Trinajstić information content (AvgIpc) is 2.46. The molecule has 18 heavy (non-hydrogen) atoms. The molecule has 2 atom stereocenters. The molecule has 2 fully saturated rings. The first-order chi connectivity index (χ1) is 8.74. The van der Waals surface area contributed by atoms with Crippen molar-refractivity contribution in [3.8, 4) is 0 Å². The van der Waals surface area contributed by atoms with Gasteiger partial charge in [-0.05, 0) is 0 Å². The Morgan fingerprint density at radius 2 is 1.44 bits per heavy atom. The van der Waals surface area contributed by atoms with E-state index in [1.807, 2.05) is 0 Å². The van der Waals surface area contributed by atoms with Gasteiger partial charge in [-0.15, -0.1) is 0 Å². The van der Waals surface area contributed by atoms with Crippen LogP contribution in [0.25, 0.3) is 0 Å². The van der Waals surface area contributed by atoms with Crippen LogP contribution < -0.4 is 10.6 Å². The number of nitrogens with one attached hydrogen (secondary N) is 2. The molecule has 7 heteroatoms. The molecule has 2 unspecified atom stereocenters. The molecular formula is C11H20F2N4O. The first kappa shape index (κ1) is 13.5. The molecule has 2 rings (SSSR count). The Morgan fingerprint density at radius 1 is 1.00 bits per heavy atom. The Morgan fingerprint density at radius 3 is 1.83 bits per heavy atom. The molecule has 0 radical (unpaired) electrons. The quantitative estimate of drug-likeness (QED) is 0.711. The van der Waals surface area contributed by atoms with E-state index in [9.17, 15) is 13.6 Å². The summed E-state index contributed by atoms with van der Waals surface area (Å²) in [5.41, 5.74) is 0. The summed E-state index contributed by atoms with van der Waals surface area (Å²) in [7, 11) is 0. The number of alkyl halides is 2. The van der Waals surface area contributed by atoms with Crippen molar-refractivity contribution in [3.05, 3.63) is 0 Å². The Bertz CT molecular complexity index is 266. The minimum atomic E-state index is -0.474. The first-order valence-electron chi connectivity index (χ1n) is 6.37. The summed E-state index contributed by atoms with van der Waals surface area (Å²) in [4.78, 5) is 15.5. The van der Waals surface area contributed by atoms with E-state index >= 15 is 0 Å². The standard InChI is InChI=1S/C11H20F2N4O/c12-5-9-7-16(3-1-14-9)11(18)17-4-2-15-10(6-13)8-17/h9-10,14-15H,1-8H2. The van der Waals surface area contributed by atoms with Gasteiger partial charge in [0.25, 0.3) is 0 Å². The maximum Gasteiger partial charge on any atom is 0.320 e. The van der Waals surface area contributed by atoms with Crippen LogP contribution >= 0.6 is 0 Å². The van der Waals surface area contributed by atoms with Crippen LogP contribution in [0.1, 0.15) is 0 Å². The second-order valence-corrected chi connectivity index (χ2v) is 4.79. The van der Waals surface area contributed by atoms with Gasteiger partial charge in [-0.2, -0.15) is 0 Å².